The Labute approximate surface area is 74.7 Å². The van der Waals surface area contributed by atoms with Crippen molar-refractivity contribution in [3.63, 3.8) is 0 Å². The van der Waals surface area contributed by atoms with Crippen LogP contribution in [0.2, 0.25) is 0 Å². The molecule has 0 N–H and O–H groups in total. The second-order valence-corrected chi connectivity index (χ2v) is 5.80. The first-order chi connectivity index (χ1) is 4.06. The molecule has 0 saturated heterocycles. The van der Waals surface area contributed by atoms with Gasteiger partial charge in [0.15, 0.2) is 0 Å². The molecule has 0 aliphatic heterocycles. The maximum Gasteiger partial charge on any atom is 0.0201 e. The Morgan fingerprint density at radius 2 is 1.78 bits per heavy atom. The Morgan fingerprint density at radius 3 is 2.11 bits per heavy atom. The van der Waals surface area contributed by atoms with Crippen molar-refractivity contribution in [1.29, 1.82) is 0 Å². The van der Waals surface area contributed by atoms with E-state index in [-0.39, 0.29) is 0 Å². The van der Waals surface area contributed by atoms with Crippen LogP contribution in [0.15, 0.2) is 0 Å². The highest BCUT2D eigenvalue weighted by atomic mass is 79.9. The zero-order valence-electron chi connectivity index (χ0n) is 6.08. The molecule has 2 heteroatoms. The molecule has 0 unspecified atom stereocenters. The maximum absolute atomic E-state index is 3.59. The second-order valence-electron chi connectivity index (χ2n) is 2.86. The third kappa shape index (κ3) is 8.96. The first-order valence-electron chi connectivity index (χ1n) is 3.31. The lowest BCUT2D eigenvalue weighted by molar-refractivity contribution is 0.607. The maximum atomic E-state index is 3.59. The SMILES string of the molecule is CC(C)(Br)CCCCBr. The molecule has 0 aromatic carbocycles. The van der Waals surface area contributed by atoms with E-state index in [1.54, 1.807) is 0 Å². The van der Waals surface area contributed by atoms with E-state index in [1.165, 1.54) is 19.3 Å². The lowest BCUT2D eigenvalue weighted by Gasteiger charge is -2.14. The summed E-state index contributed by atoms with van der Waals surface area (Å²) >= 11 is 7.00. The lowest BCUT2D eigenvalue weighted by Crippen LogP contribution is -2.08. The highest BCUT2D eigenvalue weighted by Gasteiger charge is 2.10. The summed E-state index contributed by atoms with van der Waals surface area (Å²) in [4.78, 5) is 0. The van der Waals surface area contributed by atoms with Gasteiger partial charge in [-0.1, -0.05) is 52.1 Å². The Morgan fingerprint density at radius 1 is 1.22 bits per heavy atom. The zero-order chi connectivity index (χ0) is 7.33. The lowest BCUT2D eigenvalue weighted by atomic mass is 10.1. The molecule has 0 radical (unpaired) electrons. The molecule has 0 amide bonds. The van der Waals surface area contributed by atoms with Crippen LogP contribution in [0.1, 0.15) is 33.1 Å². The van der Waals surface area contributed by atoms with E-state index >= 15 is 0 Å². The standard InChI is InChI=1S/C7H14Br2/c1-7(2,9)5-3-4-6-8/h3-6H2,1-2H3. The van der Waals surface area contributed by atoms with E-state index in [1.807, 2.05) is 0 Å². The minimum atomic E-state index is 0.342. The van der Waals surface area contributed by atoms with Crippen LogP contribution in [0.25, 0.3) is 0 Å². The van der Waals surface area contributed by atoms with Gasteiger partial charge in [0.05, 0.1) is 0 Å². The van der Waals surface area contributed by atoms with Gasteiger partial charge in [0.2, 0.25) is 0 Å². The third-order valence-electron chi connectivity index (χ3n) is 1.15. The van der Waals surface area contributed by atoms with Crippen molar-refractivity contribution >= 4 is 31.9 Å². The summed E-state index contributed by atoms with van der Waals surface area (Å²) in [6.07, 6.45) is 3.86. The number of halogens is 2. The van der Waals surface area contributed by atoms with Crippen LogP contribution in [0.3, 0.4) is 0 Å². The zero-order valence-corrected chi connectivity index (χ0v) is 9.26. The Hall–Kier alpha value is 0.960. The van der Waals surface area contributed by atoms with Crippen molar-refractivity contribution in [3.05, 3.63) is 0 Å². The van der Waals surface area contributed by atoms with Crippen molar-refractivity contribution in [2.24, 2.45) is 0 Å². The molecule has 0 bridgehead atoms. The normalized spacial score (nSPS) is 12.0. The molecule has 0 aromatic rings. The van der Waals surface area contributed by atoms with Gasteiger partial charge in [-0.05, 0) is 12.8 Å². The fourth-order valence-electron chi connectivity index (χ4n) is 0.640. The van der Waals surface area contributed by atoms with Crippen LogP contribution in [-0.2, 0) is 0 Å². The molecular formula is C7H14Br2. The van der Waals surface area contributed by atoms with E-state index in [9.17, 15) is 0 Å². The summed E-state index contributed by atoms with van der Waals surface area (Å²) in [6.45, 7) is 4.42. The van der Waals surface area contributed by atoms with Gasteiger partial charge in [0.25, 0.3) is 0 Å². The van der Waals surface area contributed by atoms with Crippen LogP contribution in [-0.4, -0.2) is 9.65 Å². The number of alkyl halides is 2. The highest BCUT2D eigenvalue weighted by molar-refractivity contribution is 9.10. The average molecular weight is 258 g/mol. The number of hydrogen-bond donors (Lipinski definition) is 0. The summed E-state index contributed by atoms with van der Waals surface area (Å²) in [7, 11) is 0. The van der Waals surface area contributed by atoms with E-state index < -0.39 is 0 Å². The van der Waals surface area contributed by atoms with Crippen LogP contribution < -0.4 is 0 Å². The number of hydrogen-bond acceptors (Lipinski definition) is 0. The predicted molar refractivity (Wildman–Crippen MR) is 50.7 cm³/mol. The highest BCUT2D eigenvalue weighted by Crippen LogP contribution is 2.22. The monoisotopic (exact) mass is 256 g/mol. The van der Waals surface area contributed by atoms with Crippen LogP contribution in [0.4, 0.5) is 0 Å². The molecular weight excluding hydrogens is 244 g/mol. The van der Waals surface area contributed by atoms with Crippen molar-refractivity contribution in [2.75, 3.05) is 5.33 Å². The molecule has 0 heterocycles. The number of rotatable bonds is 4. The largest absolute Gasteiger partial charge is 0.0928 e. The van der Waals surface area contributed by atoms with Crippen molar-refractivity contribution in [1.82, 2.24) is 0 Å². The Kier molecular flexibility index (Phi) is 5.23. The van der Waals surface area contributed by atoms with Crippen LogP contribution in [0, 0.1) is 0 Å². The van der Waals surface area contributed by atoms with Gasteiger partial charge < -0.3 is 0 Å². The van der Waals surface area contributed by atoms with Gasteiger partial charge in [-0.25, -0.2) is 0 Å². The summed E-state index contributed by atoms with van der Waals surface area (Å²) < 4.78 is 0.342. The fraction of sp³-hybridized carbons (Fsp3) is 1.00. The molecule has 0 saturated carbocycles. The van der Waals surface area contributed by atoms with E-state index in [2.05, 4.69) is 45.7 Å². The molecule has 56 valence electrons. The molecule has 0 aliphatic rings. The molecule has 0 aliphatic carbocycles. The van der Waals surface area contributed by atoms with Crippen LogP contribution >= 0.6 is 31.9 Å². The minimum Gasteiger partial charge on any atom is -0.0928 e. The molecule has 0 rings (SSSR count). The molecule has 0 nitrogen and oxygen atoms in total. The van der Waals surface area contributed by atoms with Gasteiger partial charge in [0, 0.05) is 9.65 Å². The number of unbranched alkanes of at least 4 members (excludes halogenated alkanes) is 1. The Bertz CT molecular complexity index is 63.8. The summed E-state index contributed by atoms with van der Waals surface area (Å²) in [5.41, 5.74) is 0. The first kappa shape index (κ1) is 9.96. The molecule has 0 fully saturated rings. The van der Waals surface area contributed by atoms with Gasteiger partial charge in [-0.2, -0.15) is 0 Å². The smallest absolute Gasteiger partial charge is 0.0201 e. The fourth-order valence-corrected chi connectivity index (χ4v) is 1.32. The topological polar surface area (TPSA) is 0 Å². The van der Waals surface area contributed by atoms with Gasteiger partial charge in [-0.15, -0.1) is 0 Å². The van der Waals surface area contributed by atoms with Crippen molar-refractivity contribution in [2.45, 2.75) is 37.4 Å². The van der Waals surface area contributed by atoms with Crippen LogP contribution in [0.5, 0.6) is 0 Å². The summed E-state index contributed by atoms with van der Waals surface area (Å²) in [6, 6.07) is 0. The molecule has 0 spiro atoms. The summed E-state index contributed by atoms with van der Waals surface area (Å²) in [5, 5.41) is 1.14. The first-order valence-corrected chi connectivity index (χ1v) is 5.22. The Balaban J connectivity index is 3.07. The third-order valence-corrected chi connectivity index (χ3v) is 2.11. The van der Waals surface area contributed by atoms with E-state index in [0.29, 0.717) is 4.32 Å². The summed E-state index contributed by atoms with van der Waals surface area (Å²) in [5.74, 6) is 0. The minimum absolute atomic E-state index is 0.342. The molecule has 0 atom stereocenters. The van der Waals surface area contributed by atoms with Gasteiger partial charge in [0.1, 0.15) is 0 Å². The van der Waals surface area contributed by atoms with Gasteiger partial charge >= 0.3 is 0 Å². The molecule has 9 heavy (non-hydrogen) atoms. The van der Waals surface area contributed by atoms with Crippen molar-refractivity contribution in [3.8, 4) is 0 Å². The van der Waals surface area contributed by atoms with Crippen molar-refractivity contribution < 1.29 is 0 Å². The van der Waals surface area contributed by atoms with E-state index in [4.69, 9.17) is 0 Å². The second kappa shape index (κ2) is 4.73. The quantitative estimate of drug-likeness (QED) is 0.532. The average Bonchev–Trinajstić information content (AvgIpc) is 1.63. The molecule has 0 aromatic heterocycles. The predicted octanol–water partition coefficient (Wildman–Crippen LogP) is 3.73. The van der Waals surface area contributed by atoms with E-state index in [0.717, 1.165) is 5.33 Å². The van der Waals surface area contributed by atoms with Gasteiger partial charge in [-0.3, -0.25) is 0 Å².